The van der Waals surface area contributed by atoms with Crippen LogP contribution in [0.4, 0.5) is 15.3 Å². The van der Waals surface area contributed by atoms with E-state index in [0.29, 0.717) is 31.6 Å². The lowest BCUT2D eigenvalue weighted by molar-refractivity contribution is 0.188. The number of piperidine rings is 1. The Morgan fingerprint density at radius 2 is 1.91 bits per heavy atom. The van der Waals surface area contributed by atoms with Crippen molar-refractivity contribution in [3.63, 3.8) is 0 Å². The fourth-order valence-electron chi connectivity index (χ4n) is 2.83. The van der Waals surface area contributed by atoms with Gasteiger partial charge >= 0.3 is 12.1 Å². The molecule has 0 atom stereocenters. The number of nitrogens with zero attached hydrogens (tertiary/aromatic N) is 2. The van der Waals surface area contributed by atoms with Gasteiger partial charge in [0.2, 0.25) is 0 Å². The number of para-hydroxylation sites is 1. The number of carbonyl (C=O) groups excluding carboxylic acids is 2. The van der Waals surface area contributed by atoms with Crippen molar-refractivity contribution < 1.29 is 9.59 Å². The number of aromatic nitrogens is 1. The molecule has 1 aliphatic rings. The summed E-state index contributed by atoms with van der Waals surface area (Å²) in [6.45, 7) is 1.16. The van der Waals surface area contributed by atoms with Crippen molar-refractivity contribution in [2.45, 2.75) is 18.9 Å². The molecule has 3 rings (SSSR count). The molecule has 23 heavy (non-hydrogen) atoms. The molecule has 1 aliphatic heterocycles. The summed E-state index contributed by atoms with van der Waals surface area (Å²) in [4.78, 5) is 29.3. The van der Waals surface area contributed by atoms with E-state index in [-0.39, 0.29) is 12.1 Å². The predicted octanol–water partition coefficient (Wildman–Crippen LogP) is 1.90. The SMILES string of the molecule is NC(=O)NC1CCN(C(=O)Nc2cccc3cccnc23)CC1. The quantitative estimate of drug-likeness (QED) is 0.789. The van der Waals surface area contributed by atoms with Gasteiger partial charge in [-0.3, -0.25) is 4.98 Å². The largest absolute Gasteiger partial charge is 0.352 e. The zero-order chi connectivity index (χ0) is 16.2. The van der Waals surface area contributed by atoms with Crippen LogP contribution in [0.1, 0.15) is 12.8 Å². The Labute approximate surface area is 133 Å². The molecule has 0 spiro atoms. The first-order chi connectivity index (χ1) is 11.1. The number of amides is 4. The van der Waals surface area contributed by atoms with Gasteiger partial charge in [0, 0.05) is 30.7 Å². The highest BCUT2D eigenvalue weighted by Crippen LogP contribution is 2.21. The number of carbonyl (C=O) groups is 2. The standard InChI is InChI=1S/C16H19N5O2/c17-15(22)19-12-6-9-21(10-7-12)16(23)20-13-5-1-3-11-4-2-8-18-14(11)13/h1-5,8,12H,6-7,9-10H2,(H,20,23)(H3,17,19,22). The Balaban J connectivity index is 1.64. The molecule has 7 heteroatoms. The highest BCUT2D eigenvalue weighted by atomic mass is 16.2. The van der Waals surface area contributed by atoms with Gasteiger partial charge in [-0.15, -0.1) is 0 Å². The summed E-state index contributed by atoms with van der Waals surface area (Å²) in [6.07, 6.45) is 3.10. The number of rotatable bonds is 2. The monoisotopic (exact) mass is 313 g/mol. The van der Waals surface area contributed by atoms with Crippen LogP contribution < -0.4 is 16.4 Å². The first kappa shape index (κ1) is 15.1. The van der Waals surface area contributed by atoms with Crippen LogP contribution in [-0.2, 0) is 0 Å². The smallest absolute Gasteiger partial charge is 0.321 e. The molecule has 0 aliphatic carbocycles. The lowest BCUT2D eigenvalue weighted by atomic mass is 10.1. The van der Waals surface area contributed by atoms with E-state index in [9.17, 15) is 9.59 Å². The van der Waals surface area contributed by atoms with E-state index in [1.165, 1.54) is 0 Å². The van der Waals surface area contributed by atoms with Crippen molar-refractivity contribution in [3.8, 4) is 0 Å². The number of nitrogens with two attached hydrogens (primary N) is 1. The first-order valence-electron chi connectivity index (χ1n) is 7.59. The summed E-state index contributed by atoms with van der Waals surface area (Å²) in [5, 5.41) is 6.59. The van der Waals surface area contributed by atoms with E-state index in [1.807, 2.05) is 30.3 Å². The topological polar surface area (TPSA) is 100 Å². The normalized spacial score (nSPS) is 15.4. The van der Waals surface area contributed by atoms with Crippen molar-refractivity contribution in [3.05, 3.63) is 36.5 Å². The molecule has 0 saturated carbocycles. The zero-order valence-electron chi connectivity index (χ0n) is 12.7. The Bertz CT molecular complexity index is 720. The average molecular weight is 313 g/mol. The van der Waals surface area contributed by atoms with Gasteiger partial charge in [0.15, 0.2) is 0 Å². The maximum Gasteiger partial charge on any atom is 0.321 e. The molecule has 4 N–H and O–H groups in total. The number of hydrogen-bond acceptors (Lipinski definition) is 3. The molecule has 2 aromatic rings. The Morgan fingerprint density at radius 1 is 1.17 bits per heavy atom. The third-order valence-electron chi connectivity index (χ3n) is 4.00. The summed E-state index contributed by atoms with van der Waals surface area (Å²) < 4.78 is 0. The molecule has 4 amide bonds. The zero-order valence-corrected chi connectivity index (χ0v) is 12.7. The molecule has 1 saturated heterocycles. The van der Waals surface area contributed by atoms with Crippen LogP contribution in [0, 0.1) is 0 Å². The lowest BCUT2D eigenvalue weighted by Gasteiger charge is -2.32. The van der Waals surface area contributed by atoms with E-state index < -0.39 is 6.03 Å². The molecule has 0 radical (unpaired) electrons. The van der Waals surface area contributed by atoms with Crippen LogP contribution >= 0.6 is 0 Å². The number of pyridine rings is 1. The molecular formula is C16H19N5O2. The van der Waals surface area contributed by atoms with Gasteiger partial charge in [0.05, 0.1) is 11.2 Å². The molecular weight excluding hydrogens is 294 g/mol. The van der Waals surface area contributed by atoms with Crippen molar-refractivity contribution in [2.24, 2.45) is 5.73 Å². The number of benzene rings is 1. The molecule has 1 fully saturated rings. The summed E-state index contributed by atoms with van der Waals surface area (Å²) in [5.41, 5.74) is 6.59. The molecule has 1 aromatic heterocycles. The second-order valence-electron chi connectivity index (χ2n) is 5.58. The molecule has 120 valence electrons. The maximum absolute atomic E-state index is 12.4. The number of primary amides is 1. The summed E-state index contributed by atoms with van der Waals surface area (Å²) in [7, 11) is 0. The van der Waals surface area contributed by atoms with Gasteiger partial charge in [-0.2, -0.15) is 0 Å². The number of likely N-dealkylation sites (tertiary alicyclic amines) is 1. The minimum Gasteiger partial charge on any atom is -0.352 e. The number of nitrogens with one attached hydrogen (secondary N) is 2. The van der Waals surface area contributed by atoms with E-state index in [4.69, 9.17) is 5.73 Å². The molecule has 1 aromatic carbocycles. The van der Waals surface area contributed by atoms with Gasteiger partial charge < -0.3 is 21.3 Å². The fraction of sp³-hybridized carbons (Fsp3) is 0.312. The van der Waals surface area contributed by atoms with Gasteiger partial charge in [0.1, 0.15) is 0 Å². The van der Waals surface area contributed by atoms with Crippen LogP contribution in [0.15, 0.2) is 36.5 Å². The van der Waals surface area contributed by atoms with Crippen LogP contribution in [0.5, 0.6) is 0 Å². The highest BCUT2D eigenvalue weighted by Gasteiger charge is 2.23. The molecule has 7 nitrogen and oxygen atoms in total. The Hall–Kier alpha value is -2.83. The van der Waals surface area contributed by atoms with Crippen molar-refractivity contribution in [1.29, 1.82) is 0 Å². The number of hydrogen-bond donors (Lipinski definition) is 3. The number of fused-ring (bicyclic) bond motifs is 1. The second-order valence-corrected chi connectivity index (χ2v) is 5.58. The van der Waals surface area contributed by atoms with E-state index >= 15 is 0 Å². The van der Waals surface area contributed by atoms with E-state index in [2.05, 4.69) is 15.6 Å². The highest BCUT2D eigenvalue weighted by molar-refractivity contribution is 5.99. The van der Waals surface area contributed by atoms with Crippen LogP contribution in [0.25, 0.3) is 10.9 Å². The van der Waals surface area contributed by atoms with Gasteiger partial charge in [-0.05, 0) is 25.0 Å². The van der Waals surface area contributed by atoms with Gasteiger partial charge in [-0.25, -0.2) is 9.59 Å². The van der Waals surface area contributed by atoms with Crippen molar-refractivity contribution in [2.75, 3.05) is 18.4 Å². The fourth-order valence-corrected chi connectivity index (χ4v) is 2.83. The number of anilines is 1. The third kappa shape index (κ3) is 3.50. The Kier molecular flexibility index (Phi) is 4.27. The summed E-state index contributed by atoms with van der Waals surface area (Å²) >= 11 is 0. The van der Waals surface area contributed by atoms with Crippen LogP contribution in [-0.4, -0.2) is 41.1 Å². The average Bonchev–Trinajstić information content (AvgIpc) is 2.55. The maximum atomic E-state index is 12.4. The summed E-state index contributed by atoms with van der Waals surface area (Å²) in [6, 6.07) is 8.88. The van der Waals surface area contributed by atoms with Crippen LogP contribution in [0.3, 0.4) is 0 Å². The van der Waals surface area contributed by atoms with E-state index in [0.717, 1.165) is 10.9 Å². The molecule has 0 unspecified atom stereocenters. The third-order valence-corrected chi connectivity index (χ3v) is 4.00. The van der Waals surface area contributed by atoms with Crippen molar-refractivity contribution in [1.82, 2.24) is 15.2 Å². The van der Waals surface area contributed by atoms with Gasteiger partial charge in [0.25, 0.3) is 0 Å². The van der Waals surface area contributed by atoms with E-state index in [1.54, 1.807) is 11.1 Å². The molecule has 0 bridgehead atoms. The van der Waals surface area contributed by atoms with Crippen molar-refractivity contribution >= 4 is 28.7 Å². The van der Waals surface area contributed by atoms with Gasteiger partial charge in [-0.1, -0.05) is 18.2 Å². The lowest BCUT2D eigenvalue weighted by Crippen LogP contribution is -2.48. The summed E-state index contributed by atoms with van der Waals surface area (Å²) in [5.74, 6) is 0. The number of urea groups is 2. The second kappa shape index (κ2) is 6.51. The minimum atomic E-state index is -0.519. The minimum absolute atomic E-state index is 0.0378. The Morgan fingerprint density at radius 3 is 2.65 bits per heavy atom. The van der Waals surface area contributed by atoms with Crippen LogP contribution in [0.2, 0.25) is 0 Å². The predicted molar refractivity (Wildman–Crippen MR) is 88.1 cm³/mol. The first-order valence-corrected chi connectivity index (χ1v) is 7.59. The molecule has 2 heterocycles.